The summed E-state index contributed by atoms with van der Waals surface area (Å²) in [7, 11) is 0. The summed E-state index contributed by atoms with van der Waals surface area (Å²) in [5.74, 6) is 0.660. The summed E-state index contributed by atoms with van der Waals surface area (Å²) in [6.45, 7) is 10.1. The minimum absolute atomic E-state index is 0.0429. The standard InChI is InChI=1S/C11H20F3NS/c1-9(2)8(10(9,3)4)7-15-5-6-16-11(12,13)14/h8,15H,5-7H2,1-4H3. The predicted octanol–water partition coefficient (Wildman–Crippen LogP) is 3.51. The molecule has 0 unspecified atom stereocenters. The molecule has 1 fully saturated rings. The van der Waals surface area contributed by atoms with Crippen LogP contribution in [0.4, 0.5) is 13.2 Å². The second-order valence-electron chi connectivity index (χ2n) is 5.49. The molecule has 16 heavy (non-hydrogen) atoms. The molecule has 0 atom stereocenters. The van der Waals surface area contributed by atoms with Crippen molar-refractivity contribution in [1.29, 1.82) is 0 Å². The Morgan fingerprint density at radius 3 is 2.00 bits per heavy atom. The highest BCUT2D eigenvalue weighted by atomic mass is 32.2. The van der Waals surface area contributed by atoms with Crippen molar-refractivity contribution >= 4 is 11.8 Å². The fraction of sp³-hybridized carbons (Fsp3) is 1.00. The van der Waals surface area contributed by atoms with E-state index in [9.17, 15) is 13.2 Å². The normalized spacial score (nSPS) is 23.4. The van der Waals surface area contributed by atoms with Gasteiger partial charge in [-0.2, -0.15) is 13.2 Å². The van der Waals surface area contributed by atoms with Gasteiger partial charge < -0.3 is 5.32 Å². The van der Waals surface area contributed by atoms with Gasteiger partial charge in [0, 0.05) is 12.3 Å². The highest BCUT2D eigenvalue weighted by Gasteiger charge is 2.63. The fourth-order valence-electron chi connectivity index (χ4n) is 2.33. The Balaban J connectivity index is 2.10. The van der Waals surface area contributed by atoms with Gasteiger partial charge in [0.15, 0.2) is 0 Å². The first-order valence-corrected chi connectivity index (χ1v) is 6.49. The molecule has 1 aliphatic carbocycles. The Hall–Kier alpha value is 0.100. The quantitative estimate of drug-likeness (QED) is 0.754. The summed E-state index contributed by atoms with van der Waals surface area (Å²) in [6.07, 6.45) is 0. The first kappa shape index (κ1) is 14.2. The zero-order chi connectivity index (χ0) is 12.6. The van der Waals surface area contributed by atoms with E-state index in [1.165, 1.54) is 0 Å². The Kier molecular flexibility index (Phi) is 3.90. The maximum absolute atomic E-state index is 11.8. The van der Waals surface area contributed by atoms with E-state index < -0.39 is 5.51 Å². The third-order valence-electron chi connectivity index (χ3n) is 4.21. The number of nitrogens with one attached hydrogen (secondary N) is 1. The number of hydrogen-bond acceptors (Lipinski definition) is 2. The summed E-state index contributed by atoms with van der Waals surface area (Å²) < 4.78 is 35.5. The molecule has 1 rings (SSSR count). The van der Waals surface area contributed by atoms with Crippen LogP contribution >= 0.6 is 11.8 Å². The lowest BCUT2D eigenvalue weighted by molar-refractivity contribution is -0.0327. The highest BCUT2D eigenvalue weighted by Crippen LogP contribution is 2.67. The van der Waals surface area contributed by atoms with Crippen LogP contribution in [-0.2, 0) is 0 Å². The fourth-order valence-corrected chi connectivity index (χ4v) is 2.81. The Morgan fingerprint density at radius 1 is 1.12 bits per heavy atom. The van der Waals surface area contributed by atoms with Crippen LogP contribution < -0.4 is 5.32 Å². The smallest absolute Gasteiger partial charge is 0.316 e. The Morgan fingerprint density at radius 2 is 1.62 bits per heavy atom. The van der Waals surface area contributed by atoms with Gasteiger partial charge >= 0.3 is 5.51 Å². The lowest BCUT2D eigenvalue weighted by Gasteiger charge is -2.07. The molecule has 5 heteroatoms. The molecule has 0 aliphatic heterocycles. The number of rotatable bonds is 5. The van der Waals surface area contributed by atoms with Crippen LogP contribution in [0.2, 0.25) is 0 Å². The van der Waals surface area contributed by atoms with Crippen LogP contribution in [0.1, 0.15) is 27.7 Å². The van der Waals surface area contributed by atoms with Crippen LogP contribution in [0.15, 0.2) is 0 Å². The van der Waals surface area contributed by atoms with Crippen molar-refractivity contribution in [1.82, 2.24) is 5.32 Å². The highest BCUT2D eigenvalue weighted by molar-refractivity contribution is 8.00. The summed E-state index contributed by atoms with van der Waals surface area (Å²) in [4.78, 5) is 0. The Bertz CT molecular complexity index is 234. The van der Waals surface area contributed by atoms with Crippen LogP contribution in [-0.4, -0.2) is 24.4 Å². The maximum Gasteiger partial charge on any atom is 0.441 e. The van der Waals surface area contributed by atoms with Gasteiger partial charge in [0.1, 0.15) is 0 Å². The third-order valence-corrected chi connectivity index (χ3v) is 4.95. The van der Waals surface area contributed by atoms with E-state index >= 15 is 0 Å². The summed E-state index contributed by atoms with van der Waals surface area (Å²) in [5.41, 5.74) is -3.49. The molecular weight excluding hydrogens is 235 g/mol. The van der Waals surface area contributed by atoms with Crippen molar-refractivity contribution in [3.8, 4) is 0 Å². The molecule has 0 aromatic carbocycles. The predicted molar refractivity (Wildman–Crippen MR) is 62.4 cm³/mol. The molecule has 1 saturated carbocycles. The van der Waals surface area contributed by atoms with Crippen molar-refractivity contribution < 1.29 is 13.2 Å². The lowest BCUT2D eigenvalue weighted by atomic mass is 10.0. The molecule has 0 heterocycles. The molecule has 0 bridgehead atoms. The van der Waals surface area contributed by atoms with Crippen LogP contribution in [0.3, 0.4) is 0 Å². The van der Waals surface area contributed by atoms with Crippen LogP contribution in [0.5, 0.6) is 0 Å². The van der Waals surface area contributed by atoms with Gasteiger partial charge in [0.05, 0.1) is 0 Å². The molecule has 1 N–H and O–H groups in total. The second kappa shape index (κ2) is 4.41. The number of halogens is 3. The number of thioether (sulfide) groups is 1. The van der Waals surface area contributed by atoms with Crippen molar-refractivity contribution in [2.75, 3.05) is 18.8 Å². The summed E-state index contributed by atoms with van der Waals surface area (Å²) >= 11 is 0.0429. The van der Waals surface area contributed by atoms with Gasteiger partial charge in [-0.15, -0.1) is 0 Å². The topological polar surface area (TPSA) is 12.0 Å². The zero-order valence-corrected chi connectivity index (χ0v) is 11.1. The molecule has 96 valence electrons. The van der Waals surface area contributed by atoms with Crippen molar-refractivity contribution in [2.24, 2.45) is 16.7 Å². The van der Waals surface area contributed by atoms with Crippen molar-refractivity contribution in [3.63, 3.8) is 0 Å². The van der Waals surface area contributed by atoms with E-state index in [2.05, 4.69) is 33.0 Å². The van der Waals surface area contributed by atoms with E-state index in [-0.39, 0.29) is 17.5 Å². The molecule has 0 amide bonds. The molecule has 1 aliphatic rings. The van der Waals surface area contributed by atoms with E-state index in [0.29, 0.717) is 23.3 Å². The average Bonchev–Trinajstić information content (AvgIpc) is 2.44. The number of alkyl halides is 3. The lowest BCUT2D eigenvalue weighted by Crippen LogP contribution is -2.23. The minimum atomic E-state index is -4.10. The SMILES string of the molecule is CC1(C)C(CNCCSC(F)(F)F)C1(C)C. The van der Waals surface area contributed by atoms with Crippen molar-refractivity contribution in [3.05, 3.63) is 0 Å². The molecule has 0 aromatic rings. The summed E-state index contributed by atoms with van der Waals surface area (Å²) in [6, 6.07) is 0. The van der Waals surface area contributed by atoms with E-state index in [1.54, 1.807) is 0 Å². The van der Waals surface area contributed by atoms with Crippen molar-refractivity contribution in [2.45, 2.75) is 33.2 Å². The molecular formula is C11H20F3NS. The van der Waals surface area contributed by atoms with Gasteiger partial charge in [-0.3, -0.25) is 0 Å². The third kappa shape index (κ3) is 3.06. The second-order valence-corrected chi connectivity index (χ2v) is 6.65. The molecule has 0 aromatic heterocycles. The maximum atomic E-state index is 11.8. The molecule has 0 radical (unpaired) electrons. The number of hydrogen-bond donors (Lipinski definition) is 1. The van der Waals surface area contributed by atoms with E-state index in [0.717, 1.165) is 6.54 Å². The van der Waals surface area contributed by atoms with Crippen LogP contribution in [0, 0.1) is 16.7 Å². The average molecular weight is 255 g/mol. The van der Waals surface area contributed by atoms with E-state index in [1.807, 2.05) is 0 Å². The molecule has 1 nitrogen and oxygen atoms in total. The molecule has 0 spiro atoms. The first-order chi connectivity index (χ1) is 7.09. The monoisotopic (exact) mass is 255 g/mol. The van der Waals surface area contributed by atoms with Crippen LogP contribution in [0.25, 0.3) is 0 Å². The van der Waals surface area contributed by atoms with Gasteiger partial charge in [0.25, 0.3) is 0 Å². The van der Waals surface area contributed by atoms with Gasteiger partial charge in [-0.25, -0.2) is 0 Å². The zero-order valence-electron chi connectivity index (χ0n) is 10.2. The van der Waals surface area contributed by atoms with Gasteiger partial charge in [0.2, 0.25) is 0 Å². The summed E-state index contributed by atoms with van der Waals surface area (Å²) in [5, 5.41) is 3.11. The van der Waals surface area contributed by atoms with E-state index in [4.69, 9.17) is 0 Å². The minimum Gasteiger partial charge on any atom is -0.316 e. The largest absolute Gasteiger partial charge is 0.441 e. The Labute approximate surface area is 99.6 Å². The first-order valence-electron chi connectivity index (χ1n) is 5.50. The van der Waals surface area contributed by atoms with Gasteiger partial charge in [-0.1, -0.05) is 27.7 Å². The van der Waals surface area contributed by atoms with Gasteiger partial charge in [-0.05, 0) is 35.1 Å². The molecule has 0 saturated heterocycles.